The Hall–Kier alpha value is -1.06. The van der Waals surface area contributed by atoms with E-state index >= 15 is 0 Å². The number of rotatable bonds is 3. The van der Waals surface area contributed by atoms with Crippen LogP contribution in [0.3, 0.4) is 0 Å². The minimum atomic E-state index is 0. The Balaban J connectivity index is 0.00000110. The second-order valence-corrected chi connectivity index (χ2v) is 5.09. The molecule has 0 saturated carbocycles. The van der Waals surface area contributed by atoms with Gasteiger partial charge in [0, 0.05) is 32.7 Å². The molecule has 3 rings (SSSR count). The molecular weight excluding hydrogens is 303 g/mol. The van der Waals surface area contributed by atoms with Crippen molar-refractivity contribution in [2.75, 3.05) is 26.2 Å². The summed E-state index contributed by atoms with van der Waals surface area (Å²) in [5.41, 5.74) is 3.99. The van der Waals surface area contributed by atoms with Gasteiger partial charge < -0.3 is 5.32 Å². The van der Waals surface area contributed by atoms with E-state index in [1.165, 1.54) is 16.7 Å². The molecule has 0 spiro atoms. The molecule has 1 N–H and O–H groups in total. The lowest BCUT2D eigenvalue weighted by molar-refractivity contribution is 0.233. The number of halogens is 2. The molecule has 2 nitrogen and oxygen atoms in total. The molecule has 1 saturated heterocycles. The molecule has 21 heavy (non-hydrogen) atoms. The van der Waals surface area contributed by atoms with E-state index in [4.69, 9.17) is 0 Å². The fourth-order valence-corrected chi connectivity index (χ4v) is 2.56. The summed E-state index contributed by atoms with van der Waals surface area (Å²) in [5, 5.41) is 3.39. The summed E-state index contributed by atoms with van der Waals surface area (Å²) in [5.74, 6) is 0. The van der Waals surface area contributed by atoms with Crippen LogP contribution >= 0.6 is 24.8 Å². The van der Waals surface area contributed by atoms with Crippen LogP contribution in [0, 0.1) is 0 Å². The molecule has 0 amide bonds. The van der Waals surface area contributed by atoms with Crippen molar-refractivity contribution in [3.05, 3.63) is 60.2 Å². The Morgan fingerprint density at radius 1 is 0.762 bits per heavy atom. The van der Waals surface area contributed by atoms with Crippen LogP contribution in [0.4, 0.5) is 0 Å². The van der Waals surface area contributed by atoms with Crippen molar-refractivity contribution in [2.45, 2.75) is 6.54 Å². The smallest absolute Gasteiger partial charge is 0.0234 e. The maximum Gasteiger partial charge on any atom is 0.0234 e. The molecule has 1 heterocycles. The summed E-state index contributed by atoms with van der Waals surface area (Å²) in [6, 6.07) is 19.5. The van der Waals surface area contributed by atoms with E-state index < -0.39 is 0 Å². The maximum atomic E-state index is 3.39. The monoisotopic (exact) mass is 324 g/mol. The molecule has 2 aromatic rings. The maximum absolute atomic E-state index is 3.39. The number of hydrogen-bond acceptors (Lipinski definition) is 2. The summed E-state index contributed by atoms with van der Waals surface area (Å²) >= 11 is 0. The van der Waals surface area contributed by atoms with Gasteiger partial charge in [-0.15, -0.1) is 24.8 Å². The number of hydrogen-bond donors (Lipinski definition) is 1. The molecular formula is C17H22Cl2N2. The van der Waals surface area contributed by atoms with Gasteiger partial charge in [-0.2, -0.15) is 0 Å². The van der Waals surface area contributed by atoms with Crippen LogP contribution in [-0.2, 0) is 6.54 Å². The van der Waals surface area contributed by atoms with E-state index in [9.17, 15) is 0 Å². The first-order chi connectivity index (χ1) is 9.42. The van der Waals surface area contributed by atoms with Gasteiger partial charge in [-0.1, -0.05) is 54.6 Å². The third-order valence-corrected chi connectivity index (χ3v) is 3.68. The minimum Gasteiger partial charge on any atom is -0.314 e. The first-order valence-corrected chi connectivity index (χ1v) is 6.99. The highest BCUT2D eigenvalue weighted by atomic mass is 35.5. The van der Waals surface area contributed by atoms with Gasteiger partial charge in [-0.05, 0) is 16.7 Å². The molecule has 0 bridgehead atoms. The highest BCUT2D eigenvalue weighted by molar-refractivity contribution is 5.85. The molecule has 4 heteroatoms. The fourth-order valence-electron chi connectivity index (χ4n) is 2.56. The van der Waals surface area contributed by atoms with Crippen molar-refractivity contribution in [1.82, 2.24) is 10.2 Å². The van der Waals surface area contributed by atoms with Crippen molar-refractivity contribution in [2.24, 2.45) is 0 Å². The van der Waals surface area contributed by atoms with Gasteiger partial charge in [-0.25, -0.2) is 0 Å². The molecule has 0 atom stereocenters. The highest BCUT2D eigenvalue weighted by Crippen LogP contribution is 2.19. The van der Waals surface area contributed by atoms with Crippen LogP contribution in [0.5, 0.6) is 0 Å². The quantitative estimate of drug-likeness (QED) is 0.927. The van der Waals surface area contributed by atoms with E-state index in [0.29, 0.717) is 0 Å². The van der Waals surface area contributed by atoms with E-state index in [1.807, 2.05) is 0 Å². The lowest BCUT2D eigenvalue weighted by atomic mass is 10.0. The average molecular weight is 325 g/mol. The van der Waals surface area contributed by atoms with Gasteiger partial charge in [0.15, 0.2) is 0 Å². The van der Waals surface area contributed by atoms with Gasteiger partial charge in [0.25, 0.3) is 0 Å². The highest BCUT2D eigenvalue weighted by Gasteiger charge is 2.09. The summed E-state index contributed by atoms with van der Waals surface area (Å²) in [7, 11) is 0. The lowest BCUT2D eigenvalue weighted by Gasteiger charge is -2.27. The second kappa shape index (κ2) is 9.06. The zero-order valence-corrected chi connectivity index (χ0v) is 13.6. The molecule has 0 aromatic heterocycles. The van der Waals surface area contributed by atoms with Gasteiger partial charge in [-0.3, -0.25) is 4.90 Å². The number of piperazine rings is 1. The third-order valence-electron chi connectivity index (χ3n) is 3.68. The largest absolute Gasteiger partial charge is 0.314 e. The summed E-state index contributed by atoms with van der Waals surface area (Å²) in [6.45, 7) is 5.60. The molecule has 1 aliphatic heterocycles. The van der Waals surface area contributed by atoms with Crippen LogP contribution in [0.1, 0.15) is 5.56 Å². The molecule has 0 unspecified atom stereocenters. The van der Waals surface area contributed by atoms with E-state index in [2.05, 4.69) is 64.8 Å². The van der Waals surface area contributed by atoms with Crippen LogP contribution in [-0.4, -0.2) is 31.1 Å². The van der Waals surface area contributed by atoms with Gasteiger partial charge in [0.2, 0.25) is 0 Å². The lowest BCUT2D eigenvalue weighted by Crippen LogP contribution is -2.42. The molecule has 114 valence electrons. The Bertz CT molecular complexity index is 508. The Labute approximate surface area is 139 Å². The predicted octanol–water partition coefficient (Wildman–Crippen LogP) is 3.60. The Morgan fingerprint density at radius 3 is 1.95 bits per heavy atom. The number of nitrogens with zero attached hydrogens (tertiary/aromatic N) is 1. The van der Waals surface area contributed by atoms with Crippen LogP contribution < -0.4 is 5.32 Å². The molecule has 1 fully saturated rings. The van der Waals surface area contributed by atoms with Crippen molar-refractivity contribution in [1.29, 1.82) is 0 Å². The SMILES string of the molecule is Cl.Cl.c1ccc(-c2ccc(CN3CCNCC3)cc2)cc1. The zero-order valence-electron chi connectivity index (χ0n) is 12.0. The van der Waals surface area contributed by atoms with Crippen LogP contribution in [0.15, 0.2) is 54.6 Å². The van der Waals surface area contributed by atoms with Crippen molar-refractivity contribution in [3.8, 4) is 11.1 Å². The predicted molar refractivity (Wildman–Crippen MR) is 94.5 cm³/mol. The van der Waals surface area contributed by atoms with Gasteiger partial charge >= 0.3 is 0 Å². The van der Waals surface area contributed by atoms with E-state index in [0.717, 1.165) is 32.7 Å². The fraction of sp³-hybridized carbons (Fsp3) is 0.294. The van der Waals surface area contributed by atoms with Gasteiger partial charge in [0.05, 0.1) is 0 Å². The summed E-state index contributed by atoms with van der Waals surface area (Å²) in [4.78, 5) is 2.51. The van der Waals surface area contributed by atoms with Crippen molar-refractivity contribution < 1.29 is 0 Å². The molecule has 0 aliphatic carbocycles. The van der Waals surface area contributed by atoms with Crippen molar-refractivity contribution >= 4 is 24.8 Å². The summed E-state index contributed by atoms with van der Waals surface area (Å²) in [6.07, 6.45) is 0. The van der Waals surface area contributed by atoms with E-state index in [-0.39, 0.29) is 24.8 Å². The average Bonchev–Trinajstić information content (AvgIpc) is 2.50. The standard InChI is InChI=1S/C17H20N2.2ClH/c1-2-4-16(5-3-1)17-8-6-15(7-9-17)14-19-12-10-18-11-13-19;;/h1-9,18H,10-14H2;2*1H. The number of benzene rings is 2. The van der Waals surface area contributed by atoms with Crippen LogP contribution in [0.25, 0.3) is 11.1 Å². The first kappa shape index (κ1) is 18.0. The van der Waals surface area contributed by atoms with E-state index in [1.54, 1.807) is 0 Å². The van der Waals surface area contributed by atoms with Crippen molar-refractivity contribution in [3.63, 3.8) is 0 Å². The molecule has 0 radical (unpaired) electrons. The normalized spacial score (nSPS) is 14.9. The topological polar surface area (TPSA) is 15.3 Å². The summed E-state index contributed by atoms with van der Waals surface area (Å²) < 4.78 is 0. The van der Waals surface area contributed by atoms with Gasteiger partial charge in [0.1, 0.15) is 0 Å². The van der Waals surface area contributed by atoms with Crippen LogP contribution in [0.2, 0.25) is 0 Å². The minimum absolute atomic E-state index is 0. The zero-order chi connectivity index (χ0) is 12.9. The first-order valence-electron chi connectivity index (χ1n) is 6.99. The third kappa shape index (κ3) is 5.01. The molecule has 2 aromatic carbocycles. The molecule has 1 aliphatic rings. The number of nitrogens with one attached hydrogen (secondary N) is 1. The Morgan fingerprint density at radius 2 is 1.33 bits per heavy atom. The second-order valence-electron chi connectivity index (χ2n) is 5.09. The Kier molecular flexibility index (Phi) is 7.76.